The van der Waals surface area contributed by atoms with E-state index < -0.39 is 0 Å². The minimum atomic E-state index is -0.292. The van der Waals surface area contributed by atoms with E-state index in [0.717, 1.165) is 23.2 Å². The van der Waals surface area contributed by atoms with Gasteiger partial charge in [0.1, 0.15) is 5.82 Å². The number of thioether (sulfide) groups is 1. The van der Waals surface area contributed by atoms with Crippen molar-refractivity contribution in [2.45, 2.75) is 33.1 Å². The predicted octanol–water partition coefficient (Wildman–Crippen LogP) is 5.45. The molecule has 5 heteroatoms. The standard InChI is InChI=1S/C21H21FN2OS/c1-3-4-5-15-6-12-18(13-7-15)23-21-24-20(25)19(26-21)14(2)16-8-10-17(22)11-9-16/h6-13H,3-5H2,1-2H3,(H,23,24,25)/b19-14-. The van der Waals surface area contributed by atoms with Gasteiger partial charge in [-0.05, 0) is 72.5 Å². The molecule has 1 aliphatic heterocycles. The molecule has 0 saturated carbocycles. The molecule has 1 amide bonds. The van der Waals surface area contributed by atoms with Crippen LogP contribution >= 0.6 is 11.8 Å². The second-order valence-corrected chi connectivity index (χ2v) is 7.20. The summed E-state index contributed by atoms with van der Waals surface area (Å²) >= 11 is 1.31. The van der Waals surface area contributed by atoms with E-state index >= 15 is 0 Å². The summed E-state index contributed by atoms with van der Waals surface area (Å²) in [6.07, 6.45) is 3.43. The predicted molar refractivity (Wildman–Crippen MR) is 107 cm³/mol. The molecule has 3 nitrogen and oxygen atoms in total. The van der Waals surface area contributed by atoms with Crippen LogP contribution in [0, 0.1) is 5.82 Å². The molecule has 0 unspecified atom stereocenters. The summed E-state index contributed by atoms with van der Waals surface area (Å²) < 4.78 is 13.1. The lowest BCUT2D eigenvalue weighted by atomic mass is 10.1. The minimum absolute atomic E-state index is 0.171. The largest absolute Gasteiger partial charge is 0.300 e. The van der Waals surface area contributed by atoms with Gasteiger partial charge >= 0.3 is 0 Å². The maximum Gasteiger partial charge on any atom is 0.264 e. The Morgan fingerprint density at radius 3 is 2.46 bits per heavy atom. The second kappa shape index (κ2) is 8.32. The second-order valence-electron chi connectivity index (χ2n) is 6.20. The van der Waals surface area contributed by atoms with Crippen LogP contribution < -0.4 is 5.32 Å². The first-order valence-electron chi connectivity index (χ1n) is 8.70. The third-order valence-electron chi connectivity index (χ3n) is 4.23. The molecule has 26 heavy (non-hydrogen) atoms. The van der Waals surface area contributed by atoms with E-state index in [2.05, 4.69) is 29.4 Å². The average molecular weight is 368 g/mol. The van der Waals surface area contributed by atoms with Crippen LogP contribution in [0.1, 0.15) is 37.8 Å². The fraction of sp³-hybridized carbons (Fsp3) is 0.238. The average Bonchev–Trinajstić information content (AvgIpc) is 3.01. The number of nitrogens with zero attached hydrogens (tertiary/aromatic N) is 1. The molecule has 3 rings (SSSR count). The quantitative estimate of drug-likeness (QED) is 0.713. The van der Waals surface area contributed by atoms with E-state index in [1.54, 1.807) is 12.1 Å². The topological polar surface area (TPSA) is 41.5 Å². The molecule has 0 atom stereocenters. The summed E-state index contributed by atoms with van der Waals surface area (Å²) in [5.41, 5.74) is 3.75. The number of carbonyl (C=O) groups excluding carboxylic acids is 1. The van der Waals surface area contributed by atoms with Crippen LogP contribution in [0.2, 0.25) is 0 Å². The van der Waals surface area contributed by atoms with Gasteiger partial charge in [0.15, 0.2) is 5.17 Å². The number of carbonyl (C=O) groups is 1. The first kappa shape index (κ1) is 18.4. The van der Waals surface area contributed by atoms with Crippen molar-refractivity contribution in [3.8, 4) is 0 Å². The zero-order valence-corrected chi connectivity index (χ0v) is 15.7. The van der Waals surface area contributed by atoms with Gasteiger partial charge in [0, 0.05) is 0 Å². The maximum absolute atomic E-state index is 13.1. The fourth-order valence-electron chi connectivity index (χ4n) is 2.69. The van der Waals surface area contributed by atoms with Crippen molar-refractivity contribution in [1.82, 2.24) is 5.32 Å². The van der Waals surface area contributed by atoms with Gasteiger partial charge in [-0.3, -0.25) is 4.79 Å². The van der Waals surface area contributed by atoms with Crippen LogP contribution in [0.4, 0.5) is 10.1 Å². The van der Waals surface area contributed by atoms with Gasteiger partial charge in [-0.15, -0.1) is 0 Å². The first-order valence-corrected chi connectivity index (χ1v) is 9.52. The van der Waals surface area contributed by atoms with Crippen LogP contribution in [-0.4, -0.2) is 11.1 Å². The summed E-state index contributed by atoms with van der Waals surface area (Å²) in [5, 5.41) is 3.37. The van der Waals surface area contributed by atoms with Gasteiger partial charge in [0.2, 0.25) is 0 Å². The number of allylic oxidation sites excluding steroid dienone is 1. The van der Waals surface area contributed by atoms with Crippen LogP contribution in [0.5, 0.6) is 0 Å². The van der Waals surface area contributed by atoms with Crippen LogP contribution in [0.15, 0.2) is 58.4 Å². The summed E-state index contributed by atoms with van der Waals surface area (Å²) in [6.45, 7) is 4.04. The molecule has 1 fully saturated rings. The number of aliphatic imine (C=N–C) groups is 1. The number of rotatable bonds is 5. The van der Waals surface area contributed by atoms with Gasteiger partial charge in [0.25, 0.3) is 5.91 Å². The van der Waals surface area contributed by atoms with E-state index in [-0.39, 0.29) is 11.7 Å². The van der Waals surface area contributed by atoms with Crippen molar-refractivity contribution in [3.63, 3.8) is 0 Å². The van der Waals surface area contributed by atoms with Crippen molar-refractivity contribution in [1.29, 1.82) is 0 Å². The van der Waals surface area contributed by atoms with Crippen LogP contribution in [0.3, 0.4) is 0 Å². The maximum atomic E-state index is 13.1. The molecule has 134 valence electrons. The Hall–Kier alpha value is -2.40. The number of hydrogen-bond acceptors (Lipinski definition) is 3. The molecule has 0 radical (unpaired) electrons. The Morgan fingerprint density at radius 1 is 1.12 bits per heavy atom. The van der Waals surface area contributed by atoms with Gasteiger partial charge in [-0.2, -0.15) is 0 Å². The summed E-state index contributed by atoms with van der Waals surface area (Å²) in [4.78, 5) is 17.4. The summed E-state index contributed by atoms with van der Waals surface area (Å²) in [5.74, 6) is -0.463. The molecule has 0 spiro atoms. The van der Waals surface area contributed by atoms with E-state index in [1.165, 1.54) is 42.3 Å². The van der Waals surface area contributed by atoms with Crippen molar-refractivity contribution in [2.24, 2.45) is 4.99 Å². The van der Waals surface area contributed by atoms with Crippen LogP contribution in [0.25, 0.3) is 5.57 Å². The lowest BCUT2D eigenvalue weighted by molar-refractivity contribution is -0.115. The molecule has 1 aliphatic rings. The lowest BCUT2D eigenvalue weighted by Crippen LogP contribution is -2.19. The Bertz CT molecular complexity index is 855. The summed E-state index contributed by atoms with van der Waals surface area (Å²) in [6, 6.07) is 14.2. The number of halogens is 1. The highest BCUT2D eigenvalue weighted by Gasteiger charge is 2.26. The molecule has 1 N–H and O–H groups in total. The molecule has 0 bridgehead atoms. The molecule has 0 aromatic heterocycles. The number of aryl methyl sites for hydroxylation is 1. The third kappa shape index (κ3) is 4.41. The Morgan fingerprint density at radius 2 is 1.81 bits per heavy atom. The number of hydrogen-bond donors (Lipinski definition) is 1. The normalized spacial score (nSPS) is 17.5. The van der Waals surface area contributed by atoms with E-state index in [4.69, 9.17) is 0 Å². The number of benzene rings is 2. The molecule has 1 saturated heterocycles. The SMILES string of the molecule is CCCCc1ccc(N=C2NC(=O)/C(=C(\C)c3ccc(F)cc3)S2)cc1. The Balaban J connectivity index is 1.77. The Labute approximate surface area is 157 Å². The zero-order valence-electron chi connectivity index (χ0n) is 14.9. The van der Waals surface area contributed by atoms with Crippen molar-refractivity contribution >= 4 is 34.1 Å². The lowest BCUT2D eigenvalue weighted by Gasteiger charge is -2.03. The first-order chi connectivity index (χ1) is 12.6. The highest BCUT2D eigenvalue weighted by molar-refractivity contribution is 8.18. The van der Waals surface area contributed by atoms with Crippen molar-refractivity contribution in [3.05, 3.63) is 70.4 Å². The van der Waals surface area contributed by atoms with Gasteiger partial charge in [0.05, 0.1) is 10.6 Å². The minimum Gasteiger partial charge on any atom is -0.300 e. The highest BCUT2D eigenvalue weighted by Crippen LogP contribution is 2.32. The number of amides is 1. The van der Waals surface area contributed by atoms with E-state index in [0.29, 0.717) is 10.1 Å². The fourth-order valence-corrected chi connectivity index (χ4v) is 3.59. The highest BCUT2D eigenvalue weighted by atomic mass is 32.2. The molecular weight excluding hydrogens is 347 g/mol. The van der Waals surface area contributed by atoms with Crippen molar-refractivity contribution < 1.29 is 9.18 Å². The van der Waals surface area contributed by atoms with Crippen molar-refractivity contribution in [2.75, 3.05) is 0 Å². The number of amidine groups is 1. The third-order valence-corrected chi connectivity index (χ3v) is 5.31. The number of nitrogens with one attached hydrogen (secondary N) is 1. The molecule has 0 aliphatic carbocycles. The molecule has 2 aromatic carbocycles. The van der Waals surface area contributed by atoms with Gasteiger partial charge < -0.3 is 5.32 Å². The Kier molecular flexibility index (Phi) is 5.89. The molecule has 1 heterocycles. The number of unbranched alkanes of at least 4 members (excludes halogenated alkanes) is 1. The summed E-state index contributed by atoms with van der Waals surface area (Å²) in [7, 11) is 0. The van der Waals surface area contributed by atoms with Gasteiger partial charge in [-0.1, -0.05) is 37.6 Å². The zero-order chi connectivity index (χ0) is 18.5. The van der Waals surface area contributed by atoms with E-state index in [9.17, 15) is 9.18 Å². The monoisotopic (exact) mass is 368 g/mol. The van der Waals surface area contributed by atoms with E-state index in [1.807, 2.05) is 19.1 Å². The van der Waals surface area contributed by atoms with Gasteiger partial charge in [-0.25, -0.2) is 9.38 Å². The molecule has 2 aromatic rings. The van der Waals surface area contributed by atoms with Crippen LogP contribution in [-0.2, 0) is 11.2 Å². The molecular formula is C21H21FN2OS. The smallest absolute Gasteiger partial charge is 0.264 e.